The molecule has 3 heteroatoms. The van der Waals surface area contributed by atoms with Crippen LogP contribution in [-0.4, -0.2) is 21.8 Å². The van der Waals surface area contributed by atoms with E-state index in [2.05, 4.69) is 13.7 Å². The zero-order valence-corrected chi connectivity index (χ0v) is 11.8. The van der Waals surface area contributed by atoms with Gasteiger partial charge in [-0.1, -0.05) is 81.4 Å². The zero-order chi connectivity index (χ0) is 11.8. The van der Waals surface area contributed by atoms with E-state index >= 15 is 0 Å². The molecule has 92 valence electrons. The SMILES string of the molecule is CBC1CCC1BC1CCC1BC1CCC1C. The third kappa shape index (κ3) is 2.36. The van der Waals surface area contributed by atoms with Crippen LogP contribution in [0.4, 0.5) is 0 Å². The van der Waals surface area contributed by atoms with Crippen molar-refractivity contribution in [2.75, 3.05) is 0 Å². The molecular formula is C14H27B3. The normalized spacial score (nSPS) is 48.4. The van der Waals surface area contributed by atoms with Crippen LogP contribution < -0.4 is 0 Å². The van der Waals surface area contributed by atoms with Crippen LogP contribution in [0.15, 0.2) is 0 Å². The fourth-order valence-corrected chi connectivity index (χ4v) is 4.61. The summed E-state index contributed by atoms with van der Waals surface area (Å²) in [5, 5.41) is 0. The summed E-state index contributed by atoms with van der Waals surface area (Å²) < 4.78 is 0. The summed E-state index contributed by atoms with van der Waals surface area (Å²) >= 11 is 0. The van der Waals surface area contributed by atoms with E-state index in [0.29, 0.717) is 0 Å². The second kappa shape index (κ2) is 5.06. The Hall–Kier alpha value is 0.195. The Morgan fingerprint density at radius 3 is 1.47 bits per heavy atom. The highest BCUT2D eigenvalue weighted by molar-refractivity contribution is 6.50. The average Bonchev–Trinajstić information content (AvgIpc) is 2.25. The number of rotatable bonds is 5. The maximum atomic E-state index is 2.47. The Balaban J connectivity index is 1.42. The van der Waals surface area contributed by atoms with Crippen LogP contribution in [0.1, 0.15) is 45.4 Å². The Kier molecular flexibility index (Phi) is 3.64. The van der Waals surface area contributed by atoms with E-state index in [9.17, 15) is 0 Å². The van der Waals surface area contributed by atoms with Crippen molar-refractivity contribution in [3.05, 3.63) is 0 Å². The Labute approximate surface area is 109 Å². The first-order valence-corrected chi connectivity index (χ1v) is 8.28. The second-order valence-electron chi connectivity index (χ2n) is 7.39. The molecule has 3 aliphatic rings. The molecule has 3 rings (SSSR count). The van der Waals surface area contributed by atoms with E-state index in [1.54, 1.807) is 40.2 Å². The van der Waals surface area contributed by atoms with Crippen molar-refractivity contribution in [1.29, 1.82) is 0 Å². The summed E-state index contributed by atoms with van der Waals surface area (Å²) in [4.78, 5) is 0. The standard InChI is InChI=1S/C14H27B3/c1-9-3-4-10(9)16-13-7-8-14(13)17-12-6-5-11(12)15-2/h9-17H,3-8H2,1-2H3. The minimum Gasteiger partial charge on any atom is -0.0891 e. The minimum absolute atomic E-state index is 1.06. The topological polar surface area (TPSA) is 0 Å². The third-order valence-electron chi connectivity index (χ3n) is 6.68. The van der Waals surface area contributed by atoms with Crippen LogP contribution in [-0.2, 0) is 0 Å². The van der Waals surface area contributed by atoms with Crippen molar-refractivity contribution in [3.63, 3.8) is 0 Å². The fourth-order valence-electron chi connectivity index (χ4n) is 4.61. The van der Waals surface area contributed by atoms with Gasteiger partial charge in [0.25, 0.3) is 0 Å². The van der Waals surface area contributed by atoms with E-state index in [1.807, 2.05) is 0 Å². The highest BCUT2D eigenvalue weighted by Crippen LogP contribution is 2.54. The van der Waals surface area contributed by atoms with E-state index in [-0.39, 0.29) is 0 Å². The molecule has 6 atom stereocenters. The largest absolute Gasteiger partial charge is 0.127 e. The van der Waals surface area contributed by atoms with E-state index < -0.39 is 0 Å². The van der Waals surface area contributed by atoms with Gasteiger partial charge in [-0.25, -0.2) is 0 Å². The number of hydrogen-bond acceptors (Lipinski definition) is 0. The van der Waals surface area contributed by atoms with Crippen molar-refractivity contribution in [3.8, 4) is 0 Å². The molecule has 0 amide bonds. The Morgan fingerprint density at radius 2 is 1.12 bits per heavy atom. The second-order valence-corrected chi connectivity index (χ2v) is 7.39. The van der Waals surface area contributed by atoms with Gasteiger partial charge in [0.1, 0.15) is 21.8 Å². The monoisotopic (exact) mass is 228 g/mol. The van der Waals surface area contributed by atoms with Crippen LogP contribution >= 0.6 is 0 Å². The summed E-state index contributed by atoms with van der Waals surface area (Å²) in [6.07, 6.45) is 9.30. The molecule has 0 aliphatic heterocycles. The summed E-state index contributed by atoms with van der Waals surface area (Å²) in [6.45, 7) is 4.87. The van der Waals surface area contributed by atoms with Crippen molar-refractivity contribution in [2.45, 2.75) is 81.4 Å². The highest BCUT2D eigenvalue weighted by atomic mass is 14.3. The van der Waals surface area contributed by atoms with Gasteiger partial charge in [0.15, 0.2) is 0 Å². The summed E-state index contributed by atoms with van der Waals surface area (Å²) in [5.41, 5.74) is 0. The highest BCUT2D eigenvalue weighted by Gasteiger charge is 2.41. The van der Waals surface area contributed by atoms with Crippen LogP contribution in [0.3, 0.4) is 0 Å². The predicted molar refractivity (Wildman–Crippen MR) is 82.9 cm³/mol. The molecule has 0 saturated heterocycles. The first-order chi connectivity index (χ1) is 8.28. The van der Waals surface area contributed by atoms with Gasteiger partial charge in [-0.15, -0.1) is 0 Å². The van der Waals surface area contributed by atoms with E-state index in [0.717, 1.165) is 35.0 Å². The van der Waals surface area contributed by atoms with Crippen LogP contribution in [0, 0.1) is 5.92 Å². The van der Waals surface area contributed by atoms with Gasteiger partial charge < -0.3 is 0 Å². The molecule has 0 aromatic carbocycles. The molecule has 0 aromatic rings. The smallest absolute Gasteiger partial charge is 0.0891 e. The van der Waals surface area contributed by atoms with Crippen LogP contribution in [0.2, 0.25) is 35.9 Å². The van der Waals surface area contributed by atoms with Crippen LogP contribution in [0.5, 0.6) is 0 Å². The Bertz CT molecular complexity index is 266. The lowest BCUT2D eigenvalue weighted by molar-refractivity contribution is 0.334. The molecule has 0 spiro atoms. The molecule has 3 aliphatic carbocycles. The maximum absolute atomic E-state index is 2.47. The molecule has 0 heterocycles. The molecule has 0 nitrogen and oxygen atoms in total. The van der Waals surface area contributed by atoms with E-state index in [1.165, 1.54) is 20.1 Å². The minimum atomic E-state index is 1.06. The zero-order valence-electron chi connectivity index (χ0n) is 11.8. The molecule has 6 unspecified atom stereocenters. The summed E-state index contributed by atoms with van der Waals surface area (Å²) in [5.74, 6) is 6.70. The molecular weight excluding hydrogens is 201 g/mol. The lowest BCUT2D eigenvalue weighted by Gasteiger charge is -2.46. The molecule has 0 radical (unpaired) electrons. The molecule has 17 heavy (non-hydrogen) atoms. The van der Waals surface area contributed by atoms with Gasteiger partial charge in [0, 0.05) is 0 Å². The van der Waals surface area contributed by atoms with Gasteiger partial charge in [-0.3, -0.25) is 0 Å². The van der Waals surface area contributed by atoms with Crippen molar-refractivity contribution >= 4 is 21.8 Å². The first-order valence-electron chi connectivity index (χ1n) is 8.28. The molecule has 0 bridgehead atoms. The molecule has 0 aromatic heterocycles. The van der Waals surface area contributed by atoms with Crippen molar-refractivity contribution in [2.24, 2.45) is 5.92 Å². The molecule has 0 N–H and O–H groups in total. The summed E-state index contributed by atoms with van der Waals surface area (Å²) in [6, 6.07) is 0. The lowest BCUT2D eigenvalue weighted by Crippen LogP contribution is -2.36. The maximum Gasteiger partial charge on any atom is 0.127 e. The predicted octanol–water partition coefficient (Wildman–Crippen LogP) is 3.30. The molecule has 3 saturated carbocycles. The van der Waals surface area contributed by atoms with E-state index in [4.69, 9.17) is 0 Å². The third-order valence-corrected chi connectivity index (χ3v) is 6.68. The number of hydrogen-bond donors (Lipinski definition) is 0. The van der Waals surface area contributed by atoms with Crippen molar-refractivity contribution < 1.29 is 0 Å². The molecule has 3 fully saturated rings. The van der Waals surface area contributed by atoms with Crippen molar-refractivity contribution in [1.82, 2.24) is 0 Å². The van der Waals surface area contributed by atoms with Crippen LogP contribution in [0.25, 0.3) is 0 Å². The van der Waals surface area contributed by atoms with Gasteiger partial charge in [-0.05, 0) is 5.92 Å². The lowest BCUT2D eigenvalue weighted by atomic mass is 9.28. The van der Waals surface area contributed by atoms with Gasteiger partial charge in [-0.2, -0.15) is 0 Å². The van der Waals surface area contributed by atoms with Gasteiger partial charge in [0.05, 0.1) is 0 Å². The first kappa shape index (κ1) is 12.2. The van der Waals surface area contributed by atoms with Gasteiger partial charge in [0.2, 0.25) is 0 Å². The summed E-state index contributed by atoms with van der Waals surface area (Å²) in [7, 11) is 4.64. The van der Waals surface area contributed by atoms with Gasteiger partial charge >= 0.3 is 0 Å². The quantitative estimate of drug-likeness (QED) is 0.633. The average molecular weight is 228 g/mol. The fraction of sp³-hybridized carbons (Fsp3) is 1.00. The Morgan fingerprint density at radius 1 is 0.647 bits per heavy atom.